The van der Waals surface area contributed by atoms with Crippen LogP contribution < -0.4 is 10.1 Å². The van der Waals surface area contributed by atoms with Crippen molar-refractivity contribution in [2.45, 2.75) is 33.6 Å². The summed E-state index contributed by atoms with van der Waals surface area (Å²) in [5, 5.41) is 13.1. The van der Waals surface area contributed by atoms with E-state index in [1.807, 2.05) is 63.2 Å². The third kappa shape index (κ3) is 3.78. The zero-order valence-electron chi connectivity index (χ0n) is 16.2. The zero-order chi connectivity index (χ0) is 19.4. The lowest BCUT2D eigenvalue weighted by atomic mass is 10.1. The van der Waals surface area contributed by atoms with E-state index in [-0.39, 0.29) is 5.92 Å². The average molecular weight is 385 g/mol. The third-order valence-corrected chi connectivity index (χ3v) is 4.57. The SMILES string of the molecule is CC.CCOc1cccc(-c2nnc3n2-c2ccc(Cl)cc2NCC3C)c1. The molecule has 0 saturated carbocycles. The molecule has 0 saturated heterocycles. The fourth-order valence-electron chi connectivity index (χ4n) is 3.13. The van der Waals surface area contributed by atoms with E-state index in [1.54, 1.807) is 0 Å². The van der Waals surface area contributed by atoms with Gasteiger partial charge in [0.25, 0.3) is 0 Å². The molecule has 142 valence electrons. The summed E-state index contributed by atoms with van der Waals surface area (Å²) in [6, 6.07) is 13.8. The highest BCUT2D eigenvalue weighted by atomic mass is 35.5. The van der Waals surface area contributed by atoms with Crippen molar-refractivity contribution in [3.8, 4) is 22.8 Å². The van der Waals surface area contributed by atoms with Crippen molar-refractivity contribution >= 4 is 17.3 Å². The number of fused-ring (bicyclic) bond motifs is 3. The molecule has 27 heavy (non-hydrogen) atoms. The summed E-state index contributed by atoms with van der Waals surface area (Å²) in [5.74, 6) is 2.79. The minimum atomic E-state index is 0.225. The topological polar surface area (TPSA) is 52.0 Å². The summed E-state index contributed by atoms with van der Waals surface area (Å²) in [6.07, 6.45) is 0. The molecule has 4 rings (SSSR count). The highest BCUT2D eigenvalue weighted by molar-refractivity contribution is 6.31. The Kier molecular flexibility index (Phi) is 6.01. The Balaban J connectivity index is 0.00000102. The molecule has 0 aliphatic carbocycles. The molecule has 0 bridgehead atoms. The Morgan fingerprint density at radius 1 is 1.19 bits per heavy atom. The second-order valence-corrected chi connectivity index (χ2v) is 6.56. The second-order valence-electron chi connectivity index (χ2n) is 6.12. The number of ether oxygens (including phenoxy) is 1. The molecule has 1 aromatic heterocycles. The minimum absolute atomic E-state index is 0.225. The van der Waals surface area contributed by atoms with E-state index in [9.17, 15) is 0 Å². The first-order valence-electron chi connectivity index (χ1n) is 9.39. The lowest BCUT2D eigenvalue weighted by molar-refractivity contribution is 0.340. The first-order valence-corrected chi connectivity index (χ1v) is 9.77. The monoisotopic (exact) mass is 384 g/mol. The van der Waals surface area contributed by atoms with Gasteiger partial charge in [0.1, 0.15) is 11.6 Å². The Morgan fingerprint density at radius 2 is 2.00 bits per heavy atom. The van der Waals surface area contributed by atoms with Gasteiger partial charge in [-0.05, 0) is 37.3 Å². The van der Waals surface area contributed by atoms with Crippen molar-refractivity contribution in [1.82, 2.24) is 14.8 Å². The van der Waals surface area contributed by atoms with E-state index < -0.39 is 0 Å². The summed E-state index contributed by atoms with van der Waals surface area (Å²) >= 11 is 6.18. The Labute approximate surface area is 165 Å². The fraction of sp³-hybridized carbons (Fsp3) is 0.333. The molecule has 2 heterocycles. The van der Waals surface area contributed by atoms with Crippen LogP contribution in [0.15, 0.2) is 42.5 Å². The molecule has 3 aromatic rings. The van der Waals surface area contributed by atoms with Gasteiger partial charge in [0.2, 0.25) is 0 Å². The molecule has 0 radical (unpaired) electrons. The molecular weight excluding hydrogens is 360 g/mol. The molecule has 1 N–H and O–H groups in total. The van der Waals surface area contributed by atoms with E-state index in [4.69, 9.17) is 16.3 Å². The predicted octanol–water partition coefficient (Wildman–Crippen LogP) is 5.54. The van der Waals surface area contributed by atoms with Gasteiger partial charge in [-0.15, -0.1) is 10.2 Å². The number of aromatic nitrogens is 3. The van der Waals surface area contributed by atoms with Crippen LogP contribution in [0, 0.1) is 0 Å². The quantitative estimate of drug-likeness (QED) is 0.643. The Hall–Kier alpha value is -2.53. The van der Waals surface area contributed by atoms with Crippen LogP contribution in [0.25, 0.3) is 17.1 Å². The van der Waals surface area contributed by atoms with E-state index in [0.717, 1.165) is 40.9 Å². The van der Waals surface area contributed by atoms with Crippen LogP contribution in [0.3, 0.4) is 0 Å². The standard InChI is InChI=1S/C19H19ClN4O.C2H6/c1-3-25-15-6-4-5-13(9-15)19-23-22-18-12(2)11-21-16-10-14(20)7-8-17(16)24(18)19;1-2/h4-10,12,21H,3,11H2,1-2H3;1-2H3. The van der Waals surface area contributed by atoms with Crippen LogP contribution in [0.5, 0.6) is 5.75 Å². The van der Waals surface area contributed by atoms with Crippen LogP contribution >= 0.6 is 11.6 Å². The summed E-state index contributed by atoms with van der Waals surface area (Å²) in [4.78, 5) is 0. The van der Waals surface area contributed by atoms with Gasteiger partial charge >= 0.3 is 0 Å². The molecule has 2 aromatic carbocycles. The first-order chi connectivity index (χ1) is 13.2. The number of benzene rings is 2. The van der Waals surface area contributed by atoms with E-state index >= 15 is 0 Å². The smallest absolute Gasteiger partial charge is 0.168 e. The number of anilines is 1. The van der Waals surface area contributed by atoms with Crippen molar-refractivity contribution in [2.75, 3.05) is 18.5 Å². The van der Waals surface area contributed by atoms with Gasteiger partial charge < -0.3 is 10.1 Å². The minimum Gasteiger partial charge on any atom is -0.494 e. The summed E-state index contributed by atoms with van der Waals surface area (Å²) in [6.45, 7) is 9.53. The van der Waals surface area contributed by atoms with Crippen LogP contribution in [0.2, 0.25) is 5.02 Å². The number of halogens is 1. The van der Waals surface area contributed by atoms with Gasteiger partial charge in [0, 0.05) is 23.0 Å². The molecule has 1 aliphatic heterocycles. The number of nitrogens with zero attached hydrogens (tertiary/aromatic N) is 3. The largest absolute Gasteiger partial charge is 0.494 e. The van der Waals surface area contributed by atoms with Crippen LogP contribution in [-0.2, 0) is 0 Å². The van der Waals surface area contributed by atoms with Crippen molar-refractivity contribution in [2.24, 2.45) is 0 Å². The summed E-state index contributed by atoms with van der Waals surface area (Å²) in [5.41, 5.74) is 2.96. The third-order valence-electron chi connectivity index (χ3n) is 4.33. The van der Waals surface area contributed by atoms with Crippen molar-refractivity contribution in [3.05, 3.63) is 53.3 Å². The molecule has 6 heteroatoms. The first kappa shape index (κ1) is 19.2. The van der Waals surface area contributed by atoms with Gasteiger partial charge in [-0.2, -0.15) is 0 Å². The molecule has 0 amide bonds. The van der Waals surface area contributed by atoms with Gasteiger partial charge in [0.15, 0.2) is 5.82 Å². The highest BCUT2D eigenvalue weighted by Crippen LogP contribution is 2.35. The predicted molar refractivity (Wildman–Crippen MR) is 111 cm³/mol. The van der Waals surface area contributed by atoms with Gasteiger partial charge in [-0.3, -0.25) is 4.57 Å². The van der Waals surface area contributed by atoms with Gasteiger partial charge in [-0.25, -0.2) is 0 Å². The molecule has 0 fully saturated rings. The highest BCUT2D eigenvalue weighted by Gasteiger charge is 2.25. The van der Waals surface area contributed by atoms with Crippen LogP contribution in [0.4, 0.5) is 5.69 Å². The Bertz CT molecular complexity index is 922. The maximum absolute atomic E-state index is 6.18. The maximum Gasteiger partial charge on any atom is 0.168 e. The molecular formula is C21H25ClN4O. The van der Waals surface area contributed by atoms with Gasteiger partial charge in [0.05, 0.1) is 18.0 Å². The number of nitrogens with one attached hydrogen (secondary N) is 1. The molecule has 1 aliphatic rings. The van der Waals surface area contributed by atoms with E-state index in [2.05, 4.69) is 27.0 Å². The van der Waals surface area contributed by atoms with Crippen molar-refractivity contribution in [3.63, 3.8) is 0 Å². The molecule has 0 spiro atoms. The number of hydrogen-bond donors (Lipinski definition) is 1. The average Bonchev–Trinajstić information content (AvgIpc) is 3.08. The van der Waals surface area contributed by atoms with Crippen LogP contribution in [-0.4, -0.2) is 27.9 Å². The lowest BCUT2D eigenvalue weighted by Crippen LogP contribution is -2.09. The molecule has 1 atom stereocenters. The van der Waals surface area contributed by atoms with Gasteiger partial charge in [-0.1, -0.05) is 44.5 Å². The van der Waals surface area contributed by atoms with E-state index in [1.165, 1.54) is 0 Å². The molecule has 1 unspecified atom stereocenters. The Morgan fingerprint density at radius 3 is 2.78 bits per heavy atom. The zero-order valence-corrected chi connectivity index (χ0v) is 16.9. The number of rotatable bonds is 3. The normalized spacial score (nSPS) is 14.8. The van der Waals surface area contributed by atoms with Crippen molar-refractivity contribution in [1.29, 1.82) is 0 Å². The number of hydrogen-bond acceptors (Lipinski definition) is 4. The second kappa shape index (κ2) is 8.44. The molecule has 5 nitrogen and oxygen atoms in total. The summed E-state index contributed by atoms with van der Waals surface area (Å²) in [7, 11) is 0. The van der Waals surface area contributed by atoms with Crippen LogP contribution in [0.1, 0.15) is 39.4 Å². The van der Waals surface area contributed by atoms with Crippen molar-refractivity contribution < 1.29 is 4.74 Å². The maximum atomic E-state index is 6.18. The summed E-state index contributed by atoms with van der Waals surface area (Å²) < 4.78 is 7.74. The van der Waals surface area contributed by atoms with E-state index in [0.29, 0.717) is 11.6 Å². The fourth-order valence-corrected chi connectivity index (χ4v) is 3.30. The lowest BCUT2D eigenvalue weighted by Gasteiger charge is -2.13.